The van der Waals surface area contributed by atoms with Crippen LogP contribution in [-0.4, -0.2) is 16.8 Å². The van der Waals surface area contributed by atoms with Gasteiger partial charge in [-0.05, 0) is 32.0 Å². The van der Waals surface area contributed by atoms with Crippen LogP contribution < -0.4 is 5.32 Å². The Bertz CT molecular complexity index is 567. The molecule has 2 N–H and O–H groups in total. The van der Waals surface area contributed by atoms with Gasteiger partial charge >= 0.3 is 0 Å². The quantitative estimate of drug-likeness (QED) is 0.803. The average molecular weight is 244 g/mol. The van der Waals surface area contributed by atoms with E-state index in [1.54, 1.807) is 0 Å². The van der Waals surface area contributed by atoms with Gasteiger partial charge in [0.2, 0.25) is 0 Å². The van der Waals surface area contributed by atoms with Gasteiger partial charge in [-0.2, -0.15) is 0 Å². The Morgan fingerprint density at radius 1 is 1.17 bits per heavy atom. The third-order valence-electron chi connectivity index (χ3n) is 2.87. The fourth-order valence-corrected chi connectivity index (χ4v) is 1.99. The van der Waals surface area contributed by atoms with Crippen LogP contribution in [0.5, 0.6) is 0 Å². The highest BCUT2D eigenvalue weighted by atomic mass is 16.1. The highest BCUT2D eigenvalue weighted by molar-refractivity contribution is 6.00. The molecule has 1 aromatic carbocycles. The first-order valence-electron chi connectivity index (χ1n) is 6.41. The fourth-order valence-electron chi connectivity index (χ4n) is 1.99. The molecule has 0 fully saturated rings. The number of hydrogen-bond acceptors (Lipinski definition) is 2. The zero-order valence-electron chi connectivity index (χ0n) is 11.4. The summed E-state index contributed by atoms with van der Waals surface area (Å²) in [4.78, 5) is 15.1. The van der Waals surface area contributed by atoms with Crippen LogP contribution in [0.2, 0.25) is 0 Å². The maximum atomic E-state index is 11.9. The molecule has 96 valence electrons. The van der Waals surface area contributed by atoms with Crippen molar-refractivity contribution < 1.29 is 4.79 Å². The number of aromatic amines is 1. The molecular formula is C15H20N2O. The van der Waals surface area contributed by atoms with Crippen LogP contribution in [-0.2, 0) is 0 Å². The normalized spacial score (nSPS) is 11.4. The molecule has 2 aromatic rings. The average Bonchev–Trinajstić information content (AvgIpc) is 2.69. The molecule has 1 aromatic heterocycles. The third kappa shape index (κ3) is 2.55. The Balaban J connectivity index is 2.36. The van der Waals surface area contributed by atoms with Crippen molar-refractivity contribution in [2.75, 3.05) is 5.32 Å². The first-order chi connectivity index (χ1) is 8.47. The van der Waals surface area contributed by atoms with E-state index in [0.717, 1.165) is 16.6 Å². The number of nitrogens with one attached hydrogen (secondary N) is 2. The summed E-state index contributed by atoms with van der Waals surface area (Å²) in [6, 6.07) is 8.45. The molecule has 0 aliphatic carbocycles. The Kier molecular flexibility index (Phi) is 3.41. The standard InChI is InChI=1S/C15H20N2O/c1-9(2)15(18)14-7-11-5-6-12(16-10(3)4)8-13(11)17-14/h5-10,16-17H,1-4H3. The van der Waals surface area contributed by atoms with E-state index in [1.165, 1.54) is 0 Å². The molecule has 3 nitrogen and oxygen atoms in total. The summed E-state index contributed by atoms with van der Waals surface area (Å²) in [6.45, 7) is 8.04. The van der Waals surface area contributed by atoms with Crippen molar-refractivity contribution >= 4 is 22.4 Å². The van der Waals surface area contributed by atoms with E-state index in [2.05, 4.69) is 24.1 Å². The molecule has 2 rings (SSSR count). The minimum absolute atomic E-state index is 0.0197. The van der Waals surface area contributed by atoms with Crippen molar-refractivity contribution in [2.24, 2.45) is 5.92 Å². The van der Waals surface area contributed by atoms with Gasteiger partial charge in [-0.25, -0.2) is 0 Å². The summed E-state index contributed by atoms with van der Waals surface area (Å²) in [7, 11) is 0. The number of carbonyl (C=O) groups is 1. The van der Waals surface area contributed by atoms with E-state index < -0.39 is 0 Å². The molecule has 0 amide bonds. The van der Waals surface area contributed by atoms with Crippen molar-refractivity contribution in [3.63, 3.8) is 0 Å². The lowest BCUT2D eigenvalue weighted by molar-refractivity contribution is 0.0935. The molecule has 0 saturated carbocycles. The minimum Gasteiger partial charge on any atom is -0.383 e. The Labute approximate surface area is 108 Å². The molecule has 0 aliphatic heterocycles. The van der Waals surface area contributed by atoms with E-state index >= 15 is 0 Å². The van der Waals surface area contributed by atoms with Gasteiger partial charge in [-0.3, -0.25) is 4.79 Å². The number of hydrogen-bond donors (Lipinski definition) is 2. The second-order valence-electron chi connectivity index (χ2n) is 5.30. The molecule has 1 heterocycles. The molecular weight excluding hydrogens is 224 g/mol. The topological polar surface area (TPSA) is 44.9 Å². The van der Waals surface area contributed by atoms with Crippen LogP contribution in [0.4, 0.5) is 5.69 Å². The second-order valence-corrected chi connectivity index (χ2v) is 5.30. The zero-order valence-corrected chi connectivity index (χ0v) is 11.4. The smallest absolute Gasteiger partial charge is 0.181 e. The number of H-pyrrole nitrogens is 1. The predicted octanol–water partition coefficient (Wildman–Crippen LogP) is 3.83. The van der Waals surface area contributed by atoms with Crippen molar-refractivity contribution in [2.45, 2.75) is 33.7 Å². The largest absolute Gasteiger partial charge is 0.383 e. The number of rotatable bonds is 4. The molecule has 0 saturated heterocycles. The van der Waals surface area contributed by atoms with Gasteiger partial charge in [-0.1, -0.05) is 19.9 Å². The Morgan fingerprint density at radius 2 is 1.89 bits per heavy atom. The van der Waals surface area contributed by atoms with Gasteiger partial charge in [0.15, 0.2) is 5.78 Å². The highest BCUT2D eigenvalue weighted by Gasteiger charge is 2.13. The van der Waals surface area contributed by atoms with Gasteiger partial charge in [0.05, 0.1) is 5.69 Å². The van der Waals surface area contributed by atoms with E-state index in [-0.39, 0.29) is 11.7 Å². The van der Waals surface area contributed by atoms with E-state index in [0.29, 0.717) is 11.7 Å². The number of Topliss-reactive ketones (excluding diaryl/α,β-unsaturated/α-hetero) is 1. The van der Waals surface area contributed by atoms with Crippen molar-refractivity contribution in [1.82, 2.24) is 4.98 Å². The van der Waals surface area contributed by atoms with Gasteiger partial charge < -0.3 is 10.3 Å². The number of anilines is 1. The van der Waals surface area contributed by atoms with Gasteiger partial charge in [0.25, 0.3) is 0 Å². The number of benzene rings is 1. The van der Waals surface area contributed by atoms with Crippen molar-refractivity contribution in [3.8, 4) is 0 Å². The summed E-state index contributed by atoms with van der Waals surface area (Å²) in [5.74, 6) is 0.177. The van der Waals surface area contributed by atoms with Crippen LogP contribution in [0.15, 0.2) is 24.3 Å². The summed E-state index contributed by atoms with van der Waals surface area (Å²) in [5, 5.41) is 4.43. The fraction of sp³-hybridized carbons (Fsp3) is 0.400. The first-order valence-corrected chi connectivity index (χ1v) is 6.41. The maximum absolute atomic E-state index is 11.9. The Hall–Kier alpha value is -1.77. The van der Waals surface area contributed by atoms with Crippen LogP contribution in [0.25, 0.3) is 10.9 Å². The lowest BCUT2D eigenvalue weighted by atomic mass is 10.1. The van der Waals surface area contributed by atoms with Crippen molar-refractivity contribution in [3.05, 3.63) is 30.0 Å². The molecule has 0 bridgehead atoms. The van der Waals surface area contributed by atoms with Crippen LogP contribution in [0, 0.1) is 5.92 Å². The summed E-state index contributed by atoms with van der Waals surface area (Å²) in [6.07, 6.45) is 0. The zero-order chi connectivity index (χ0) is 13.3. The predicted molar refractivity (Wildman–Crippen MR) is 76.2 cm³/mol. The monoisotopic (exact) mass is 244 g/mol. The number of fused-ring (bicyclic) bond motifs is 1. The van der Waals surface area contributed by atoms with Crippen LogP contribution >= 0.6 is 0 Å². The molecule has 0 radical (unpaired) electrons. The summed E-state index contributed by atoms with van der Waals surface area (Å²) in [5.41, 5.74) is 2.77. The molecule has 18 heavy (non-hydrogen) atoms. The Morgan fingerprint density at radius 3 is 2.50 bits per heavy atom. The molecule has 0 atom stereocenters. The van der Waals surface area contributed by atoms with Gasteiger partial charge in [-0.15, -0.1) is 0 Å². The third-order valence-corrected chi connectivity index (χ3v) is 2.87. The van der Waals surface area contributed by atoms with E-state index in [4.69, 9.17) is 0 Å². The van der Waals surface area contributed by atoms with Crippen LogP contribution in [0.3, 0.4) is 0 Å². The summed E-state index contributed by atoms with van der Waals surface area (Å²) >= 11 is 0. The highest BCUT2D eigenvalue weighted by Crippen LogP contribution is 2.21. The van der Waals surface area contributed by atoms with E-state index in [9.17, 15) is 4.79 Å². The summed E-state index contributed by atoms with van der Waals surface area (Å²) < 4.78 is 0. The van der Waals surface area contributed by atoms with Crippen molar-refractivity contribution in [1.29, 1.82) is 0 Å². The number of ketones is 1. The maximum Gasteiger partial charge on any atom is 0.181 e. The molecule has 0 unspecified atom stereocenters. The van der Waals surface area contributed by atoms with Gasteiger partial charge in [0, 0.05) is 28.6 Å². The number of aromatic nitrogens is 1. The van der Waals surface area contributed by atoms with Gasteiger partial charge in [0.1, 0.15) is 0 Å². The number of carbonyl (C=O) groups excluding carboxylic acids is 1. The SMILES string of the molecule is CC(C)Nc1ccc2cc(C(=O)C(C)C)[nH]c2c1. The van der Waals surface area contributed by atoms with Crippen LogP contribution in [0.1, 0.15) is 38.2 Å². The molecule has 0 aliphatic rings. The lowest BCUT2D eigenvalue weighted by Gasteiger charge is -2.09. The molecule has 0 spiro atoms. The van der Waals surface area contributed by atoms with E-state index in [1.807, 2.05) is 38.1 Å². The lowest BCUT2D eigenvalue weighted by Crippen LogP contribution is -2.09. The molecule has 3 heteroatoms. The second kappa shape index (κ2) is 4.84. The first kappa shape index (κ1) is 12.7. The minimum atomic E-state index is 0.0197.